The minimum Gasteiger partial charge on any atom is -0.479 e. The zero-order valence-corrected chi connectivity index (χ0v) is 11.5. The molecule has 0 aromatic heterocycles. The Morgan fingerprint density at radius 3 is 2.16 bits per heavy atom. The Labute approximate surface area is 111 Å². The van der Waals surface area contributed by atoms with E-state index in [0.717, 1.165) is 0 Å². The monoisotopic (exact) mass is 273 g/mol. The normalized spacial score (nSPS) is 29.2. The lowest BCUT2D eigenvalue weighted by Gasteiger charge is -2.34. The van der Waals surface area contributed by atoms with E-state index < -0.39 is 28.7 Å². The van der Waals surface area contributed by atoms with Gasteiger partial charge in [-0.05, 0) is 33.6 Å². The van der Waals surface area contributed by atoms with Gasteiger partial charge in [0.2, 0.25) is 5.67 Å². The summed E-state index contributed by atoms with van der Waals surface area (Å²) in [4.78, 5) is 24.2. The van der Waals surface area contributed by atoms with E-state index in [4.69, 9.17) is 9.84 Å². The molecule has 6 heteroatoms. The summed E-state index contributed by atoms with van der Waals surface area (Å²) in [7, 11) is 0. The van der Waals surface area contributed by atoms with Crippen molar-refractivity contribution < 1.29 is 23.8 Å². The lowest BCUT2D eigenvalue weighted by Crippen LogP contribution is -2.44. The van der Waals surface area contributed by atoms with Gasteiger partial charge in [-0.15, -0.1) is 0 Å². The van der Waals surface area contributed by atoms with Gasteiger partial charge in [-0.3, -0.25) is 0 Å². The van der Waals surface area contributed by atoms with Gasteiger partial charge >= 0.3 is 12.1 Å². The highest BCUT2D eigenvalue weighted by atomic mass is 19.1. The molecule has 1 heterocycles. The van der Waals surface area contributed by atoms with Crippen molar-refractivity contribution in [3.63, 3.8) is 0 Å². The highest BCUT2D eigenvalue weighted by Crippen LogP contribution is 2.65. The summed E-state index contributed by atoms with van der Waals surface area (Å²) in [5.41, 5.74) is -3.42. The predicted octanol–water partition coefficient (Wildman–Crippen LogP) is 2.20. The second kappa shape index (κ2) is 4.08. The summed E-state index contributed by atoms with van der Waals surface area (Å²) < 4.78 is 19.3. The van der Waals surface area contributed by atoms with Crippen LogP contribution in [0, 0.1) is 5.41 Å². The fourth-order valence-electron chi connectivity index (χ4n) is 2.74. The molecule has 0 bridgehead atoms. The van der Waals surface area contributed by atoms with Crippen molar-refractivity contribution in [3.8, 4) is 0 Å². The number of rotatable bonds is 1. The first-order chi connectivity index (χ1) is 8.60. The Balaban J connectivity index is 1.91. The number of halogens is 1. The molecule has 2 rings (SSSR count). The molecule has 1 unspecified atom stereocenters. The molecule has 19 heavy (non-hydrogen) atoms. The number of ether oxygens (including phenoxy) is 1. The first kappa shape index (κ1) is 14.1. The van der Waals surface area contributed by atoms with Gasteiger partial charge in [0.15, 0.2) is 0 Å². The van der Waals surface area contributed by atoms with Crippen molar-refractivity contribution in [1.29, 1.82) is 0 Å². The number of nitrogens with zero attached hydrogens (tertiary/aromatic N) is 1. The first-order valence-electron chi connectivity index (χ1n) is 6.50. The van der Waals surface area contributed by atoms with Gasteiger partial charge in [0, 0.05) is 24.9 Å². The Morgan fingerprint density at radius 1 is 1.26 bits per heavy atom. The number of alkyl halides is 1. The quantitative estimate of drug-likeness (QED) is 0.795. The highest BCUT2D eigenvalue weighted by molar-refractivity contribution is 5.83. The molecule has 5 nitrogen and oxygen atoms in total. The van der Waals surface area contributed by atoms with E-state index in [1.165, 1.54) is 4.90 Å². The number of carbonyl (C=O) groups excluding carboxylic acids is 1. The van der Waals surface area contributed by atoms with Gasteiger partial charge in [-0.1, -0.05) is 0 Å². The number of hydrogen-bond donors (Lipinski definition) is 1. The van der Waals surface area contributed by atoms with Gasteiger partial charge in [-0.25, -0.2) is 14.0 Å². The molecule has 2 aliphatic rings. The van der Waals surface area contributed by atoms with Gasteiger partial charge in [-0.2, -0.15) is 0 Å². The number of hydrogen-bond acceptors (Lipinski definition) is 3. The third-order valence-corrected chi connectivity index (χ3v) is 4.01. The van der Waals surface area contributed by atoms with Crippen LogP contribution in [0.5, 0.6) is 0 Å². The maximum Gasteiger partial charge on any atom is 0.410 e. The third kappa shape index (κ3) is 2.40. The number of piperidine rings is 1. The molecular formula is C13H20FNO4. The van der Waals surface area contributed by atoms with Crippen molar-refractivity contribution in [2.45, 2.75) is 51.3 Å². The SMILES string of the molecule is CC(C)(C)OC(=O)N1CCC2(CC1)CC2(F)C(=O)O. The Hall–Kier alpha value is -1.33. The summed E-state index contributed by atoms with van der Waals surface area (Å²) in [6.45, 7) is 6.07. The zero-order valence-electron chi connectivity index (χ0n) is 11.5. The number of carboxylic acid groups (broad SMARTS) is 1. The van der Waals surface area contributed by atoms with Crippen molar-refractivity contribution in [3.05, 3.63) is 0 Å². The van der Waals surface area contributed by atoms with E-state index >= 15 is 0 Å². The number of likely N-dealkylation sites (tertiary alicyclic amines) is 1. The first-order valence-corrected chi connectivity index (χ1v) is 6.50. The standard InChI is InChI=1S/C13H20FNO4/c1-11(2,3)19-10(18)15-6-4-12(5-7-15)8-13(12,14)9(16)17/h4-8H2,1-3H3,(H,16,17). The minimum absolute atomic E-state index is 0.0670. The molecule has 108 valence electrons. The maximum atomic E-state index is 14.0. The number of carbonyl (C=O) groups is 2. The fourth-order valence-corrected chi connectivity index (χ4v) is 2.74. The van der Waals surface area contributed by atoms with Crippen LogP contribution < -0.4 is 0 Å². The molecule has 0 radical (unpaired) electrons. The Bertz CT molecular complexity index is 409. The summed E-state index contributed by atoms with van der Waals surface area (Å²) >= 11 is 0. The molecule has 0 aromatic carbocycles. The zero-order chi connectivity index (χ0) is 14.5. The Morgan fingerprint density at radius 2 is 1.79 bits per heavy atom. The number of amides is 1. The van der Waals surface area contributed by atoms with Gasteiger partial charge in [0.1, 0.15) is 5.60 Å². The highest BCUT2D eigenvalue weighted by Gasteiger charge is 2.74. The van der Waals surface area contributed by atoms with Crippen molar-refractivity contribution in [2.24, 2.45) is 5.41 Å². The molecule has 1 atom stereocenters. The minimum atomic E-state index is -2.09. The average molecular weight is 273 g/mol. The van der Waals surface area contributed by atoms with Crippen LogP contribution in [-0.2, 0) is 9.53 Å². The second-order valence-electron chi connectivity index (χ2n) is 6.53. The van der Waals surface area contributed by atoms with Gasteiger partial charge < -0.3 is 14.7 Å². The van der Waals surface area contributed by atoms with Crippen molar-refractivity contribution in [2.75, 3.05) is 13.1 Å². The van der Waals surface area contributed by atoms with Crippen LogP contribution in [0.2, 0.25) is 0 Å². The molecule has 1 saturated carbocycles. The van der Waals surface area contributed by atoms with Crippen LogP contribution in [0.1, 0.15) is 40.0 Å². The van der Waals surface area contributed by atoms with Crippen molar-refractivity contribution >= 4 is 12.1 Å². The molecule has 1 aliphatic carbocycles. The van der Waals surface area contributed by atoms with Crippen LogP contribution >= 0.6 is 0 Å². The molecule has 1 aliphatic heterocycles. The molecule has 0 aromatic rings. The molecule has 1 amide bonds. The Kier molecular flexibility index (Phi) is 3.03. The topological polar surface area (TPSA) is 66.8 Å². The van der Waals surface area contributed by atoms with Crippen LogP contribution in [0.3, 0.4) is 0 Å². The largest absolute Gasteiger partial charge is 0.479 e. The third-order valence-electron chi connectivity index (χ3n) is 4.01. The van der Waals surface area contributed by atoms with E-state index in [0.29, 0.717) is 25.9 Å². The number of carboxylic acids is 1. The molecule has 2 fully saturated rings. The predicted molar refractivity (Wildman–Crippen MR) is 65.6 cm³/mol. The lowest BCUT2D eigenvalue weighted by atomic mass is 9.90. The molecular weight excluding hydrogens is 253 g/mol. The average Bonchev–Trinajstić information content (AvgIpc) is 2.83. The molecule has 1 N–H and O–H groups in total. The second-order valence-corrected chi connectivity index (χ2v) is 6.53. The van der Waals surface area contributed by atoms with Crippen molar-refractivity contribution in [1.82, 2.24) is 4.90 Å². The van der Waals surface area contributed by atoms with E-state index in [1.54, 1.807) is 20.8 Å². The molecule has 1 spiro atoms. The number of aliphatic carboxylic acids is 1. The summed E-state index contributed by atoms with van der Waals surface area (Å²) in [5.74, 6) is -1.38. The summed E-state index contributed by atoms with van der Waals surface area (Å²) in [6, 6.07) is 0. The van der Waals surface area contributed by atoms with Gasteiger partial charge in [0.25, 0.3) is 0 Å². The van der Waals surface area contributed by atoms with E-state index in [-0.39, 0.29) is 6.42 Å². The fraction of sp³-hybridized carbons (Fsp3) is 0.846. The van der Waals surface area contributed by atoms with Crippen LogP contribution in [0.25, 0.3) is 0 Å². The van der Waals surface area contributed by atoms with Crippen LogP contribution in [0.15, 0.2) is 0 Å². The lowest BCUT2D eigenvalue weighted by molar-refractivity contribution is -0.146. The van der Waals surface area contributed by atoms with E-state index in [2.05, 4.69) is 0 Å². The van der Waals surface area contributed by atoms with Gasteiger partial charge in [0.05, 0.1) is 0 Å². The smallest absolute Gasteiger partial charge is 0.410 e. The van der Waals surface area contributed by atoms with E-state index in [1.807, 2.05) is 0 Å². The maximum absolute atomic E-state index is 14.0. The summed E-state index contributed by atoms with van der Waals surface area (Å²) in [5, 5.41) is 8.88. The van der Waals surface area contributed by atoms with E-state index in [9.17, 15) is 14.0 Å². The molecule has 1 saturated heterocycles. The van der Waals surface area contributed by atoms with Crippen LogP contribution in [-0.4, -0.2) is 46.4 Å². The van der Waals surface area contributed by atoms with Crippen LogP contribution in [0.4, 0.5) is 9.18 Å². The summed E-state index contributed by atoms with van der Waals surface area (Å²) in [6.07, 6.45) is 0.421.